The highest BCUT2D eigenvalue weighted by Crippen LogP contribution is 2.29. The van der Waals surface area contributed by atoms with E-state index in [2.05, 4.69) is 26.7 Å². The molecule has 0 bridgehead atoms. The molecule has 13 nitrogen and oxygen atoms in total. The third kappa shape index (κ3) is 11.4. The Bertz CT molecular complexity index is 1650. The molecule has 0 saturated carbocycles. The molecule has 2 N–H and O–H groups in total. The number of nitrogens with one attached hydrogen (secondary N) is 2. The summed E-state index contributed by atoms with van der Waals surface area (Å²) in [5.41, 5.74) is 4.02. The van der Waals surface area contributed by atoms with Gasteiger partial charge in [0, 0.05) is 44.6 Å². The highest BCUT2D eigenvalue weighted by atomic mass is 32.2. The summed E-state index contributed by atoms with van der Waals surface area (Å²) in [6, 6.07) is 15.7. The fourth-order valence-corrected chi connectivity index (χ4v) is 5.07. The van der Waals surface area contributed by atoms with Gasteiger partial charge in [0.15, 0.2) is 0 Å². The fraction of sp³-hybridized carbons (Fsp3) is 0.364. The molecule has 2 heterocycles. The number of anilines is 1. The Morgan fingerprint density at radius 3 is 2.02 bits per heavy atom. The van der Waals surface area contributed by atoms with Gasteiger partial charge in [-0.15, -0.1) is 0 Å². The number of rotatable bonds is 17. The second-order valence-electron chi connectivity index (χ2n) is 10.5. The molecule has 4 rings (SSSR count). The molecule has 0 atom stereocenters. The van der Waals surface area contributed by atoms with E-state index in [1.54, 1.807) is 4.90 Å². The van der Waals surface area contributed by atoms with E-state index in [0.29, 0.717) is 46.1 Å². The first-order valence-corrected chi connectivity index (χ1v) is 17.1. The summed E-state index contributed by atoms with van der Waals surface area (Å²) in [5.74, 6) is -0.774. The Hall–Kier alpha value is -4.50. The quantitative estimate of drug-likeness (QED) is 0.161. The van der Waals surface area contributed by atoms with Crippen molar-refractivity contribution in [3.05, 3.63) is 83.2 Å². The van der Waals surface area contributed by atoms with Crippen molar-refractivity contribution in [1.29, 1.82) is 0 Å². The number of carbonyl (C=O) groups is 3. The molecule has 3 aromatic rings. The molecule has 0 radical (unpaired) electrons. The Labute approximate surface area is 274 Å². The van der Waals surface area contributed by atoms with Gasteiger partial charge in [0.25, 0.3) is 5.91 Å². The molecule has 250 valence electrons. The molecule has 3 amide bonds. The lowest BCUT2D eigenvalue weighted by Gasteiger charge is -2.27. The number of hydrogen-bond acceptors (Lipinski definition) is 10. The number of amides is 3. The molecule has 1 aliphatic rings. The Balaban J connectivity index is 1.01. The zero-order valence-electron chi connectivity index (χ0n) is 26.2. The first-order chi connectivity index (χ1) is 22.7. The van der Waals surface area contributed by atoms with Crippen molar-refractivity contribution in [2.45, 2.75) is 24.5 Å². The van der Waals surface area contributed by atoms with Gasteiger partial charge in [-0.05, 0) is 22.8 Å². The van der Waals surface area contributed by atoms with Crippen LogP contribution >= 0.6 is 0 Å². The van der Waals surface area contributed by atoms with Crippen LogP contribution < -0.4 is 15.5 Å². The molecule has 14 heteroatoms. The number of ether oxygens (including phenoxy) is 3. The molecule has 1 aromatic heterocycles. The Kier molecular flexibility index (Phi) is 13.5. The van der Waals surface area contributed by atoms with Gasteiger partial charge in [-0.2, -0.15) is 0 Å². The lowest BCUT2D eigenvalue weighted by atomic mass is 10.0. The van der Waals surface area contributed by atoms with Gasteiger partial charge in [-0.25, -0.2) is 18.4 Å². The van der Waals surface area contributed by atoms with Crippen LogP contribution in [0.3, 0.4) is 0 Å². The van der Waals surface area contributed by atoms with Crippen LogP contribution in [-0.2, 0) is 40.2 Å². The number of carbonyl (C=O) groups excluding carboxylic acids is 3. The van der Waals surface area contributed by atoms with Gasteiger partial charge >= 0.3 is 0 Å². The van der Waals surface area contributed by atoms with E-state index in [1.807, 2.05) is 54.6 Å². The van der Waals surface area contributed by atoms with E-state index in [0.717, 1.165) is 41.0 Å². The summed E-state index contributed by atoms with van der Waals surface area (Å²) in [4.78, 5) is 46.8. The minimum absolute atomic E-state index is 0.0780. The van der Waals surface area contributed by atoms with Crippen LogP contribution in [0.1, 0.15) is 39.9 Å². The molecule has 0 aliphatic carbocycles. The van der Waals surface area contributed by atoms with E-state index >= 15 is 0 Å². The third-order valence-electron chi connectivity index (χ3n) is 6.99. The minimum Gasteiger partial charge on any atom is -0.377 e. The van der Waals surface area contributed by atoms with Gasteiger partial charge in [0.05, 0.1) is 57.4 Å². The number of sulfone groups is 1. The van der Waals surface area contributed by atoms with Crippen LogP contribution in [0.2, 0.25) is 0 Å². The molecule has 0 saturated heterocycles. The average molecular weight is 666 g/mol. The van der Waals surface area contributed by atoms with Crippen molar-refractivity contribution < 1.29 is 37.0 Å². The number of nitrogens with zero attached hydrogens (tertiary/aromatic N) is 3. The van der Waals surface area contributed by atoms with E-state index in [4.69, 9.17) is 14.2 Å². The summed E-state index contributed by atoms with van der Waals surface area (Å²) in [5, 5.41) is 5.08. The monoisotopic (exact) mass is 665 g/mol. The van der Waals surface area contributed by atoms with Crippen molar-refractivity contribution in [3.8, 4) is 0 Å². The summed E-state index contributed by atoms with van der Waals surface area (Å²) in [7, 11) is -3.53. The topological polar surface area (TPSA) is 166 Å². The Morgan fingerprint density at radius 2 is 1.34 bits per heavy atom. The highest BCUT2D eigenvalue weighted by Gasteiger charge is 2.21. The van der Waals surface area contributed by atoms with Crippen LogP contribution in [0.4, 0.5) is 5.69 Å². The van der Waals surface area contributed by atoms with E-state index in [9.17, 15) is 22.8 Å². The fourth-order valence-electron chi connectivity index (χ4n) is 4.58. The van der Waals surface area contributed by atoms with Gasteiger partial charge in [-0.3, -0.25) is 14.4 Å². The minimum atomic E-state index is -3.53. The van der Waals surface area contributed by atoms with Crippen LogP contribution in [0, 0.1) is 0 Å². The van der Waals surface area contributed by atoms with Crippen LogP contribution in [0.15, 0.2) is 66.1 Å². The van der Waals surface area contributed by atoms with Gasteiger partial charge < -0.3 is 29.7 Å². The predicted molar refractivity (Wildman–Crippen MR) is 175 cm³/mol. The van der Waals surface area contributed by atoms with Gasteiger partial charge in [0.2, 0.25) is 26.8 Å². The number of aromatic nitrogens is 2. The summed E-state index contributed by atoms with van der Waals surface area (Å²) in [6.07, 6.45) is 7.53. The lowest BCUT2D eigenvalue weighted by molar-refractivity contribution is -0.125. The van der Waals surface area contributed by atoms with Crippen LogP contribution in [-0.4, -0.2) is 95.1 Å². The molecule has 0 spiro atoms. The largest absolute Gasteiger partial charge is 0.377 e. The first kappa shape index (κ1) is 35.4. The third-order valence-corrected chi connectivity index (χ3v) is 7.86. The SMILES string of the molecule is CS(=O)(=O)c1ncc(C(=O)NCCOCCOCCOCCNC(=O)CCC(=O)N2Cc3ccccc3/C=C\c3ccccc32)cn1. The zero-order valence-corrected chi connectivity index (χ0v) is 27.0. The summed E-state index contributed by atoms with van der Waals surface area (Å²) >= 11 is 0. The standard InChI is InChI=1S/C33H39N5O8S/c1-47(42,43)33-36-22-28(23-37-33)32(41)35-15-17-45-19-21-46-20-18-44-16-14-34-30(39)12-13-31(40)38-24-27-8-3-2-6-25(27)10-11-26-7-4-5-9-29(26)38/h2-11,22-23H,12-21,24H2,1H3,(H,34,39)(H,35,41)/b11-10-. The van der Waals surface area contributed by atoms with Crippen molar-refractivity contribution in [2.24, 2.45) is 0 Å². The second-order valence-corrected chi connectivity index (χ2v) is 12.4. The average Bonchev–Trinajstić information content (AvgIpc) is 3.06. The van der Waals surface area contributed by atoms with E-state index < -0.39 is 15.7 Å². The molecular formula is C33H39N5O8S. The van der Waals surface area contributed by atoms with Gasteiger partial charge in [-0.1, -0.05) is 54.6 Å². The van der Waals surface area contributed by atoms with Crippen LogP contribution in [0.25, 0.3) is 12.2 Å². The summed E-state index contributed by atoms with van der Waals surface area (Å²) in [6.45, 7) is 2.92. The number of benzene rings is 2. The Morgan fingerprint density at radius 1 is 0.766 bits per heavy atom. The normalized spacial score (nSPS) is 13.1. The van der Waals surface area contributed by atoms with E-state index in [-0.39, 0.29) is 48.5 Å². The van der Waals surface area contributed by atoms with Crippen molar-refractivity contribution in [1.82, 2.24) is 20.6 Å². The number of hydrogen-bond donors (Lipinski definition) is 2. The second kappa shape index (κ2) is 18.0. The molecule has 47 heavy (non-hydrogen) atoms. The van der Waals surface area contributed by atoms with Crippen molar-refractivity contribution >= 4 is 45.4 Å². The van der Waals surface area contributed by atoms with Gasteiger partial charge in [0.1, 0.15) is 0 Å². The maximum atomic E-state index is 13.3. The molecule has 0 unspecified atom stereocenters. The number of fused-ring (bicyclic) bond motifs is 2. The smallest absolute Gasteiger partial charge is 0.254 e. The first-order valence-electron chi connectivity index (χ1n) is 15.2. The molecule has 0 fully saturated rings. The molecular weight excluding hydrogens is 626 g/mol. The lowest BCUT2D eigenvalue weighted by Crippen LogP contribution is -2.33. The number of para-hydroxylation sites is 1. The summed E-state index contributed by atoms with van der Waals surface area (Å²) < 4.78 is 39.1. The van der Waals surface area contributed by atoms with E-state index in [1.165, 1.54) is 0 Å². The maximum absolute atomic E-state index is 13.3. The predicted octanol–water partition coefficient (Wildman–Crippen LogP) is 2.27. The molecule has 2 aromatic carbocycles. The zero-order chi connectivity index (χ0) is 33.5. The molecule has 1 aliphatic heterocycles. The highest BCUT2D eigenvalue weighted by molar-refractivity contribution is 7.90. The van der Waals surface area contributed by atoms with Crippen molar-refractivity contribution in [3.63, 3.8) is 0 Å². The maximum Gasteiger partial charge on any atom is 0.254 e. The van der Waals surface area contributed by atoms with Crippen molar-refractivity contribution in [2.75, 3.05) is 63.9 Å². The van der Waals surface area contributed by atoms with Crippen LogP contribution in [0.5, 0.6) is 0 Å².